The van der Waals surface area contributed by atoms with E-state index < -0.39 is 33.4 Å². The average molecular weight is 434 g/mol. The average Bonchev–Trinajstić information content (AvgIpc) is 2.97. The topological polar surface area (TPSA) is 133 Å². The first-order valence-corrected chi connectivity index (χ1v) is 10.2. The molecule has 11 heteroatoms. The maximum atomic E-state index is 13.5. The lowest BCUT2D eigenvalue weighted by atomic mass is 9.98. The van der Waals surface area contributed by atoms with E-state index in [1.807, 2.05) is 0 Å². The molecule has 1 amide bonds. The number of rotatable bonds is 4. The third-order valence-electron chi connectivity index (χ3n) is 4.76. The van der Waals surface area contributed by atoms with Crippen molar-refractivity contribution >= 4 is 21.6 Å². The van der Waals surface area contributed by atoms with Gasteiger partial charge >= 0.3 is 0 Å². The fourth-order valence-corrected chi connectivity index (χ4v) is 4.44. The van der Waals surface area contributed by atoms with Crippen LogP contribution in [0.3, 0.4) is 0 Å². The molecule has 1 aromatic heterocycles. The molecule has 1 aliphatic rings. The van der Waals surface area contributed by atoms with E-state index in [2.05, 4.69) is 16.6 Å². The summed E-state index contributed by atoms with van der Waals surface area (Å²) >= 11 is 0. The summed E-state index contributed by atoms with van der Waals surface area (Å²) in [4.78, 5) is 12.6. The van der Waals surface area contributed by atoms with Crippen LogP contribution in [0.1, 0.15) is 23.0 Å². The number of aryl methyl sites for hydroxylation is 1. The Morgan fingerprint density at radius 1 is 1.57 bits per heavy atom. The summed E-state index contributed by atoms with van der Waals surface area (Å²) in [6.45, 7) is 4.61. The van der Waals surface area contributed by atoms with E-state index in [1.54, 1.807) is 6.07 Å². The second kappa shape index (κ2) is 7.56. The highest BCUT2D eigenvalue weighted by Crippen LogP contribution is 2.34. The second-order valence-corrected chi connectivity index (χ2v) is 8.64. The van der Waals surface area contributed by atoms with Gasteiger partial charge in [0.05, 0.1) is 17.2 Å². The molecule has 0 bridgehead atoms. The number of nitrogens with one attached hydrogen (secondary N) is 2. The summed E-state index contributed by atoms with van der Waals surface area (Å²) in [7, 11) is -2.66. The van der Waals surface area contributed by atoms with E-state index in [9.17, 15) is 22.7 Å². The molecule has 0 spiro atoms. The van der Waals surface area contributed by atoms with E-state index >= 15 is 0 Å². The van der Waals surface area contributed by atoms with Gasteiger partial charge in [0.25, 0.3) is 5.91 Å². The fourth-order valence-electron chi connectivity index (χ4n) is 2.93. The number of carbonyl (C=O) groups excluding carboxylic acids is 1. The number of aliphatic hydroxyl groups is 1. The van der Waals surface area contributed by atoms with Crippen LogP contribution in [0.2, 0.25) is 0 Å². The first-order chi connectivity index (χ1) is 14.0. The number of hydrogen-bond donors (Lipinski definition) is 3. The highest BCUT2D eigenvalue weighted by molar-refractivity contribution is 7.89. The molecule has 2 aromatic rings. The Morgan fingerprint density at radius 3 is 2.90 bits per heavy atom. The lowest BCUT2D eigenvalue weighted by Gasteiger charge is -2.28. The molecule has 158 valence electrons. The molecule has 3 rings (SSSR count). The summed E-state index contributed by atoms with van der Waals surface area (Å²) in [6, 6.07) is 4.10. The highest BCUT2D eigenvalue weighted by Gasteiger charge is 2.40. The summed E-state index contributed by atoms with van der Waals surface area (Å²) in [5, 5.41) is 21.8. The van der Waals surface area contributed by atoms with E-state index in [-0.39, 0.29) is 34.2 Å². The number of amides is 1. The van der Waals surface area contributed by atoms with Crippen molar-refractivity contribution in [2.24, 2.45) is 7.05 Å². The number of sulfonamides is 1. The molecular weight excluding hydrogens is 415 g/mol. The normalized spacial score (nSPS) is 19.4. The molecule has 0 saturated heterocycles. The molecule has 0 radical (unpaired) electrons. The van der Waals surface area contributed by atoms with Gasteiger partial charge in [-0.05, 0) is 25.1 Å². The number of benzene rings is 1. The first kappa shape index (κ1) is 21.5. The molecule has 9 nitrogen and oxygen atoms in total. The Bertz CT molecular complexity index is 1180. The Labute approximate surface area is 172 Å². The van der Waals surface area contributed by atoms with Crippen molar-refractivity contribution in [3.05, 3.63) is 54.1 Å². The van der Waals surface area contributed by atoms with E-state index in [1.165, 1.54) is 36.9 Å². The van der Waals surface area contributed by atoms with Gasteiger partial charge in [-0.3, -0.25) is 4.79 Å². The minimum atomic E-state index is -4.12. The van der Waals surface area contributed by atoms with Gasteiger partial charge in [0.15, 0.2) is 11.4 Å². The minimum Gasteiger partial charge on any atom is -0.488 e. The maximum absolute atomic E-state index is 13.5. The van der Waals surface area contributed by atoms with Gasteiger partial charge in [-0.25, -0.2) is 17.5 Å². The monoisotopic (exact) mass is 434 g/mol. The third kappa shape index (κ3) is 3.80. The zero-order chi connectivity index (χ0) is 22.3. The van der Waals surface area contributed by atoms with E-state index in [0.29, 0.717) is 0 Å². The Balaban J connectivity index is 1.99. The summed E-state index contributed by atoms with van der Waals surface area (Å²) in [5.74, 6) is -1.64. The molecule has 3 N–H and O–H groups in total. The third-order valence-corrected chi connectivity index (χ3v) is 6.23. The number of nitriles is 1. The molecule has 30 heavy (non-hydrogen) atoms. The van der Waals surface area contributed by atoms with Crippen LogP contribution in [0.5, 0.6) is 5.75 Å². The van der Waals surface area contributed by atoms with E-state index in [4.69, 9.17) is 10.00 Å². The number of nitrogens with zero attached hydrogens (tertiary/aromatic N) is 2. The van der Waals surface area contributed by atoms with Crippen molar-refractivity contribution in [3.63, 3.8) is 0 Å². The van der Waals surface area contributed by atoms with Crippen LogP contribution in [-0.2, 0) is 17.1 Å². The van der Waals surface area contributed by atoms with Crippen molar-refractivity contribution in [1.29, 1.82) is 5.26 Å². The summed E-state index contributed by atoms with van der Waals surface area (Å²) in [5.41, 5.74) is -1.80. The second-order valence-electron chi connectivity index (χ2n) is 6.96. The predicted octanol–water partition coefficient (Wildman–Crippen LogP) is 1.26. The lowest BCUT2D eigenvalue weighted by Crippen LogP contribution is -2.51. The number of halogens is 1. The van der Waals surface area contributed by atoms with Gasteiger partial charge in [0, 0.05) is 18.9 Å². The van der Waals surface area contributed by atoms with Gasteiger partial charge in [0.1, 0.15) is 23.4 Å². The zero-order valence-electron chi connectivity index (χ0n) is 16.1. The molecule has 2 atom stereocenters. The van der Waals surface area contributed by atoms with E-state index in [0.717, 1.165) is 12.1 Å². The van der Waals surface area contributed by atoms with Crippen LogP contribution < -0.4 is 14.8 Å². The Morgan fingerprint density at radius 2 is 2.27 bits per heavy atom. The van der Waals surface area contributed by atoms with Crippen molar-refractivity contribution in [2.45, 2.75) is 23.5 Å². The lowest BCUT2D eigenvalue weighted by molar-refractivity contribution is 0.0555. The fraction of sp³-hybridized carbons (Fsp3) is 0.263. The van der Waals surface area contributed by atoms with Crippen molar-refractivity contribution < 1.29 is 27.4 Å². The van der Waals surface area contributed by atoms with Crippen molar-refractivity contribution in [2.75, 3.05) is 11.9 Å². The molecule has 0 saturated carbocycles. The quantitative estimate of drug-likeness (QED) is 0.621. The van der Waals surface area contributed by atoms with Gasteiger partial charge in [-0.15, -0.1) is 6.58 Å². The smallest absolute Gasteiger partial charge is 0.276 e. The number of fused-ring (bicyclic) bond motifs is 1. The molecule has 0 aliphatic carbocycles. The van der Waals surface area contributed by atoms with Crippen LogP contribution in [0.4, 0.5) is 10.1 Å². The SMILES string of the molecule is C=C[C@@](C)(O)[C@@H]1COc2c(cn(C)c2C(=O)Nc2ccc(F)c(C#N)c2)S(=O)(=O)N1. The summed E-state index contributed by atoms with van der Waals surface area (Å²) < 4.78 is 48.3. The standard InChI is InChI=1S/C19H19FN4O5S/c1-4-19(2,26)15-10-29-17-14(30(27,28)23-15)9-24(3)16(17)18(25)22-12-5-6-13(20)11(7-12)8-21/h4-7,9,15,23,26H,1,10H2,2-3H3,(H,22,25)/t15-,19+/m0/s1. The van der Waals surface area contributed by atoms with Crippen molar-refractivity contribution in [3.8, 4) is 11.8 Å². The van der Waals surface area contributed by atoms with Crippen LogP contribution in [0.25, 0.3) is 0 Å². The van der Waals surface area contributed by atoms with Crippen LogP contribution in [0, 0.1) is 17.1 Å². The van der Waals surface area contributed by atoms with Crippen LogP contribution >= 0.6 is 0 Å². The minimum absolute atomic E-state index is 0.0999. The molecule has 1 aromatic carbocycles. The number of ether oxygens (including phenoxy) is 1. The van der Waals surface area contributed by atoms with Gasteiger partial charge in [-0.2, -0.15) is 5.26 Å². The van der Waals surface area contributed by atoms with Gasteiger partial charge in [-0.1, -0.05) is 6.08 Å². The van der Waals surface area contributed by atoms with Gasteiger partial charge < -0.3 is 19.7 Å². The Hall–Kier alpha value is -3.20. The molecular formula is C19H19FN4O5S. The molecule has 0 unspecified atom stereocenters. The Kier molecular flexibility index (Phi) is 5.42. The van der Waals surface area contributed by atoms with Crippen LogP contribution in [-0.4, -0.2) is 42.2 Å². The molecule has 1 aliphatic heterocycles. The number of hydrogen-bond acceptors (Lipinski definition) is 6. The summed E-state index contributed by atoms with van der Waals surface area (Å²) in [6.07, 6.45) is 2.40. The largest absolute Gasteiger partial charge is 0.488 e. The maximum Gasteiger partial charge on any atom is 0.276 e. The molecule has 2 heterocycles. The highest BCUT2D eigenvalue weighted by atomic mass is 32.2. The number of anilines is 1. The first-order valence-electron chi connectivity index (χ1n) is 8.71. The zero-order valence-corrected chi connectivity index (χ0v) is 17.0. The van der Waals surface area contributed by atoms with Crippen LogP contribution in [0.15, 0.2) is 41.9 Å². The number of aromatic nitrogens is 1. The molecule has 0 fully saturated rings. The predicted molar refractivity (Wildman–Crippen MR) is 105 cm³/mol. The van der Waals surface area contributed by atoms with Crippen molar-refractivity contribution in [1.82, 2.24) is 9.29 Å². The number of carbonyl (C=O) groups is 1. The van der Waals surface area contributed by atoms with Gasteiger partial charge in [0.2, 0.25) is 10.0 Å².